The minimum absolute atomic E-state index is 0.136. The maximum Gasteiger partial charge on any atom is 0.168 e. The molecule has 5 heteroatoms. The lowest BCUT2D eigenvalue weighted by molar-refractivity contribution is 0.435. The first-order chi connectivity index (χ1) is 9.01. The summed E-state index contributed by atoms with van der Waals surface area (Å²) in [5.74, 6) is -1.44. The zero-order chi connectivity index (χ0) is 14.0. The Labute approximate surface area is 109 Å². The monoisotopic (exact) mass is 260 g/mol. The average Bonchev–Trinajstić information content (AvgIpc) is 2.32. The third-order valence-corrected chi connectivity index (χ3v) is 2.52. The highest BCUT2D eigenvalue weighted by molar-refractivity contribution is 5.48. The zero-order valence-corrected chi connectivity index (χ0v) is 10.4. The number of nitrogens with zero attached hydrogens (tertiary/aromatic N) is 2. The lowest BCUT2D eigenvalue weighted by Crippen LogP contribution is -1.97. The van der Waals surface area contributed by atoms with Crippen molar-refractivity contribution in [2.24, 2.45) is 0 Å². The molecule has 0 N–H and O–H groups in total. The quantitative estimate of drug-likeness (QED) is 0.828. The van der Waals surface area contributed by atoms with Crippen LogP contribution in [0.15, 0.2) is 24.3 Å². The van der Waals surface area contributed by atoms with Crippen LogP contribution in [0, 0.1) is 36.8 Å². The smallest absolute Gasteiger partial charge is 0.168 e. The van der Waals surface area contributed by atoms with Crippen molar-refractivity contribution in [3.05, 3.63) is 52.9 Å². The summed E-state index contributed by atoms with van der Waals surface area (Å²) in [6, 6.07) is 6.48. The normalized spacial score (nSPS) is 10.1. The molecular formula is C14H10F2N2O. The average molecular weight is 260 g/mol. The molecule has 1 heterocycles. The fraction of sp³-hybridized carbons (Fsp3) is 0.143. The van der Waals surface area contributed by atoms with E-state index in [2.05, 4.69) is 4.98 Å². The first-order valence-corrected chi connectivity index (χ1v) is 5.52. The van der Waals surface area contributed by atoms with Gasteiger partial charge in [-0.3, -0.25) is 4.98 Å². The molecule has 0 amide bonds. The molecule has 0 radical (unpaired) electrons. The topological polar surface area (TPSA) is 45.9 Å². The van der Waals surface area contributed by atoms with E-state index in [4.69, 9.17) is 10.00 Å². The van der Waals surface area contributed by atoms with Crippen molar-refractivity contribution in [3.63, 3.8) is 0 Å². The van der Waals surface area contributed by atoms with Crippen LogP contribution in [0.1, 0.15) is 17.0 Å². The molecule has 0 unspecified atom stereocenters. The number of hydrogen-bond acceptors (Lipinski definition) is 3. The van der Waals surface area contributed by atoms with Gasteiger partial charge in [-0.15, -0.1) is 0 Å². The molecule has 2 aromatic rings. The molecule has 0 bridgehead atoms. The van der Waals surface area contributed by atoms with Gasteiger partial charge >= 0.3 is 0 Å². The van der Waals surface area contributed by atoms with Crippen molar-refractivity contribution in [2.45, 2.75) is 13.8 Å². The molecule has 0 saturated carbocycles. The van der Waals surface area contributed by atoms with E-state index in [-0.39, 0.29) is 17.1 Å². The van der Waals surface area contributed by atoms with Crippen molar-refractivity contribution in [2.75, 3.05) is 0 Å². The Morgan fingerprint density at radius 2 is 1.89 bits per heavy atom. The second kappa shape index (κ2) is 5.02. The summed E-state index contributed by atoms with van der Waals surface area (Å²) < 4.78 is 31.7. The predicted molar refractivity (Wildman–Crippen MR) is 64.9 cm³/mol. The maximum absolute atomic E-state index is 13.5. The number of rotatable bonds is 2. The number of nitriles is 1. The van der Waals surface area contributed by atoms with Crippen molar-refractivity contribution in [3.8, 4) is 17.6 Å². The standard InChI is InChI=1S/C14H10F2N2O/c1-8-5-14(11(7-17)9(2)18-8)19-13-4-3-10(15)6-12(13)16/h3-6H,1-2H3. The van der Waals surface area contributed by atoms with E-state index in [0.717, 1.165) is 12.1 Å². The molecule has 3 nitrogen and oxygen atoms in total. The number of aromatic nitrogens is 1. The predicted octanol–water partition coefficient (Wildman–Crippen LogP) is 3.64. The number of halogens is 2. The fourth-order valence-electron chi connectivity index (χ4n) is 1.69. The van der Waals surface area contributed by atoms with E-state index < -0.39 is 11.6 Å². The van der Waals surface area contributed by atoms with E-state index in [1.54, 1.807) is 13.8 Å². The second-order valence-electron chi connectivity index (χ2n) is 4.01. The van der Waals surface area contributed by atoms with Gasteiger partial charge in [-0.05, 0) is 26.0 Å². The van der Waals surface area contributed by atoms with E-state index in [1.165, 1.54) is 12.1 Å². The highest BCUT2D eigenvalue weighted by atomic mass is 19.1. The summed E-state index contributed by atoms with van der Waals surface area (Å²) in [7, 11) is 0. The Bertz CT molecular complexity index is 678. The molecule has 96 valence electrons. The third kappa shape index (κ3) is 2.68. The van der Waals surface area contributed by atoms with Gasteiger partial charge in [0.1, 0.15) is 23.2 Å². The summed E-state index contributed by atoms with van der Waals surface area (Å²) in [5, 5.41) is 9.06. The van der Waals surface area contributed by atoms with Gasteiger partial charge in [0.25, 0.3) is 0 Å². The summed E-state index contributed by atoms with van der Waals surface area (Å²) in [6.07, 6.45) is 0. The number of pyridine rings is 1. The Kier molecular flexibility index (Phi) is 3.43. The number of aryl methyl sites for hydroxylation is 2. The van der Waals surface area contributed by atoms with Gasteiger partial charge in [0.05, 0.1) is 5.69 Å². The number of ether oxygens (including phenoxy) is 1. The van der Waals surface area contributed by atoms with Crippen LogP contribution in [-0.2, 0) is 0 Å². The van der Waals surface area contributed by atoms with Crippen LogP contribution in [0.25, 0.3) is 0 Å². The lowest BCUT2D eigenvalue weighted by atomic mass is 10.2. The van der Waals surface area contributed by atoms with Crippen LogP contribution in [0.2, 0.25) is 0 Å². The molecule has 0 spiro atoms. The Hall–Kier alpha value is -2.48. The van der Waals surface area contributed by atoms with E-state index in [9.17, 15) is 8.78 Å². The van der Waals surface area contributed by atoms with Gasteiger partial charge in [-0.1, -0.05) is 0 Å². The molecule has 0 fully saturated rings. The maximum atomic E-state index is 13.5. The summed E-state index contributed by atoms with van der Waals surface area (Å²) >= 11 is 0. The van der Waals surface area contributed by atoms with Crippen LogP contribution in [0.4, 0.5) is 8.78 Å². The van der Waals surface area contributed by atoms with E-state index >= 15 is 0 Å². The molecule has 19 heavy (non-hydrogen) atoms. The Morgan fingerprint density at radius 3 is 2.53 bits per heavy atom. The summed E-state index contributed by atoms with van der Waals surface area (Å²) in [4.78, 5) is 4.13. The van der Waals surface area contributed by atoms with Gasteiger partial charge in [0.15, 0.2) is 11.6 Å². The molecular weight excluding hydrogens is 250 g/mol. The van der Waals surface area contributed by atoms with Crippen LogP contribution in [0.3, 0.4) is 0 Å². The lowest BCUT2D eigenvalue weighted by Gasteiger charge is -2.10. The molecule has 1 aromatic carbocycles. The van der Waals surface area contributed by atoms with Gasteiger partial charge in [-0.2, -0.15) is 5.26 Å². The zero-order valence-electron chi connectivity index (χ0n) is 10.4. The summed E-state index contributed by atoms with van der Waals surface area (Å²) in [6.45, 7) is 3.40. The minimum atomic E-state index is -0.823. The van der Waals surface area contributed by atoms with Crippen LogP contribution < -0.4 is 4.74 Å². The van der Waals surface area contributed by atoms with E-state index in [1.807, 2.05) is 6.07 Å². The third-order valence-electron chi connectivity index (χ3n) is 2.52. The van der Waals surface area contributed by atoms with Crippen molar-refractivity contribution in [1.29, 1.82) is 5.26 Å². The molecule has 2 rings (SSSR count). The molecule has 0 aliphatic carbocycles. The molecule has 0 aliphatic heterocycles. The Morgan fingerprint density at radius 1 is 1.16 bits per heavy atom. The van der Waals surface area contributed by atoms with Gasteiger partial charge in [-0.25, -0.2) is 8.78 Å². The second-order valence-corrected chi connectivity index (χ2v) is 4.01. The molecule has 0 saturated heterocycles. The van der Waals surface area contributed by atoms with Gasteiger partial charge in [0.2, 0.25) is 0 Å². The van der Waals surface area contributed by atoms with Crippen LogP contribution in [-0.4, -0.2) is 4.98 Å². The molecule has 0 aliphatic rings. The minimum Gasteiger partial charge on any atom is -0.453 e. The Balaban J connectivity index is 2.46. The SMILES string of the molecule is Cc1cc(Oc2ccc(F)cc2F)c(C#N)c(C)n1. The van der Waals surface area contributed by atoms with Gasteiger partial charge < -0.3 is 4.74 Å². The van der Waals surface area contributed by atoms with Gasteiger partial charge in [0, 0.05) is 17.8 Å². The summed E-state index contributed by atoms with van der Waals surface area (Å²) in [5.41, 5.74) is 1.38. The first-order valence-electron chi connectivity index (χ1n) is 5.52. The number of benzene rings is 1. The number of hydrogen-bond donors (Lipinski definition) is 0. The van der Waals surface area contributed by atoms with Crippen molar-refractivity contribution in [1.82, 2.24) is 4.98 Å². The van der Waals surface area contributed by atoms with Crippen LogP contribution in [0.5, 0.6) is 11.5 Å². The van der Waals surface area contributed by atoms with E-state index in [0.29, 0.717) is 11.4 Å². The van der Waals surface area contributed by atoms with Crippen molar-refractivity contribution >= 4 is 0 Å². The highest BCUT2D eigenvalue weighted by Gasteiger charge is 2.13. The van der Waals surface area contributed by atoms with Crippen molar-refractivity contribution < 1.29 is 13.5 Å². The fourth-order valence-corrected chi connectivity index (χ4v) is 1.69. The highest BCUT2D eigenvalue weighted by Crippen LogP contribution is 2.29. The largest absolute Gasteiger partial charge is 0.453 e. The molecule has 0 atom stereocenters. The first kappa shape index (κ1) is 13.0. The van der Waals surface area contributed by atoms with Crippen LogP contribution >= 0.6 is 0 Å². The molecule has 1 aromatic heterocycles.